The van der Waals surface area contributed by atoms with Crippen molar-refractivity contribution in [3.8, 4) is 0 Å². The average molecular weight is 416 g/mol. The number of urea groups is 1. The maximum atomic E-state index is 13.0. The summed E-state index contributed by atoms with van der Waals surface area (Å²) in [6.07, 6.45) is 2.30. The Bertz CT molecular complexity index is 1050. The van der Waals surface area contributed by atoms with Crippen LogP contribution in [0.25, 0.3) is 10.8 Å². The van der Waals surface area contributed by atoms with Crippen LogP contribution in [0.5, 0.6) is 0 Å². The van der Waals surface area contributed by atoms with Gasteiger partial charge in [0.2, 0.25) is 5.91 Å². The van der Waals surface area contributed by atoms with E-state index in [0.29, 0.717) is 19.5 Å². The van der Waals surface area contributed by atoms with Crippen molar-refractivity contribution in [1.29, 1.82) is 0 Å². The van der Waals surface area contributed by atoms with Crippen LogP contribution in [0.1, 0.15) is 36.4 Å². The summed E-state index contributed by atoms with van der Waals surface area (Å²) in [4.78, 5) is 29.0. The zero-order valence-electron chi connectivity index (χ0n) is 18.0. The first-order valence-corrected chi connectivity index (χ1v) is 10.9. The van der Waals surface area contributed by atoms with Crippen molar-refractivity contribution in [3.05, 3.63) is 83.9 Å². The van der Waals surface area contributed by atoms with E-state index in [1.54, 1.807) is 11.9 Å². The molecule has 160 valence electrons. The third-order valence-electron chi connectivity index (χ3n) is 5.98. The Morgan fingerprint density at radius 1 is 1.00 bits per heavy atom. The van der Waals surface area contributed by atoms with E-state index in [4.69, 9.17) is 0 Å². The van der Waals surface area contributed by atoms with E-state index in [0.717, 1.165) is 24.9 Å². The van der Waals surface area contributed by atoms with Gasteiger partial charge in [-0.3, -0.25) is 4.79 Å². The molecule has 1 aliphatic heterocycles. The predicted molar refractivity (Wildman–Crippen MR) is 124 cm³/mol. The number of nitrogens with one attached hydrogen (secondary N) is 1. The lowest BCUT2D eigenvalue weighted by atomic mass is 9.97. The summed E-state index contributed by atoms with van der Waals surface area (Å²) >= 11 is 0. The van der Waals surface area contributed by atoms with Crippen LogP contribution in [0.2, 0.25) is 0 Å². The zero-order chi connectivity index (χ0) is 21.6. The molecule has 0 aliphatic carbocycles. The lowest BCUT2D eigenvalue weighted by Crippen LogP contribution is -2.39. The van der Waals surface area contributed by atoms with E-state index in [1.807, 2.05) is 41.3 Å². The van der Waals surface area contributed by atoms with Crippen molar-refractivity contribution < 1.29 is 9.59 Å². The number of carbonyl (C=O) groups excluding carboxylic acids is 2. The first-order valence-electron chi connectivity index (χ1n) is 10.9. The second-order valence-electron chi connectivity index (χ2n) is 8.14. The molecular weight excluding hydrogens is 386 g/mol. The smallest absolute Gasteiger partial charge is 0.317 e. The Morgan fingerprint density at radius 2 is 1.74 bits per heavy atom. The number of amides is 3. The van der Waals surface area contributed by atoms with Gasteiger partial charge in [-0.2, -0.15) is 0 Å². The maximum absolute atomic E-state index is 13.0. The molecular formula is C26H29N3O2. The molecule has 1 N–H and O–H groups in total. The van der Waals surface area contributed by atoms with E-state index >= 15 is 0 Å². The van der Waals surface area contributed by atoms with Crippen LogP contribution in [0.15, 0.2) is 72.8 Å². The van der Waals surface area contributed by atoms with Gasteiger partial charge < -0.3 is 15.1 Å². The number of nitrogens with zero attached hydrogens (tertiary/aromatic N) is 2. The zero-order valence-corrected chi connectivity index (χ0v) is 18.0. The van der Waals surface area contributed by atoms with Crippen molar-refractivity contribution in [2.45, 2.75) is 31.8 Å². The quantitative estimate of drug-likeness (QED) is 0.632. The Hall–Kier alpha value is -3.34. The van der Waals surface area contributed by atoms with Gasteiger partial charge in [0.1, 0.15) is 0 Å². The molecule has 1 unspecified atom stereocenters. The molecule has 1 fully saturated rings. The normalized spacial score (nSPS) is 15.8. The summed E-state index contributed by atoms with van der Waals surface area (Å²) in [7, 11) is 1.77. The van der Waals surface area contributed by atoms with Gasteiger partial charge in [-0.1, -0.05) is 72.8 Å². The van der Waals surface area contributed by atoms with Crippen molar-refractivity contribution in [1.82, 2.24) is 15.1 Å². The molecule has 5 heteroatoms. The summed E-state index contributed by atoms with van der Waals surface area (Å²) in [6.45, 7) is 1.65. The second kappa shape index (κ2) is 9.65. The highest BCUT2D eigenvalue weighted by molar-refractivity contribution is 5.87. The monoisotopic (exact) mass is 415 g/mol. The van der Waals surface area contributed by atoms with Crippen LogP contribution in [0.3, 0.4) is 0 Å². The minimum atomic E-state index is -0.163. The number of carbonyl (C=O) groups is 2. The standard InChI is InChI=1S/C26H29N3O2/c1-28(19-20-9-3-2-4-10-20)26(31)27-17-16-25(30)29-18-8-15-24(29)23-14-7-12-21-11-5-6-13-22(21)23/h2-7,9-14,24H,8,15-19H2,1H3,(H,27,31). The number of hydrogen-bond acceptors (Lipinski definition) is 2. The molecule has 0 saturated carbocycles. The van der Waals surface area contributed by atoms with Gasteiger partial charge in [-0.15, -0.1) is 0 Å². The summed E-state index contributed by atoms with van der Waals surface area (Å²) in [5.41, 5.74) is 2.29. The summed E-state index contributed by atoms with van der Waals surface area (Å²) < 4.78 is 0. The van der Waals surface area contributed by atoms with Gasteiger partial charge in [-0.25, -0.2) is 4.79 Å². The lowest BCUT2D eigenvalue weighted by molar-refractivity contribution is -0.131. The van der Waals surface area contributed by atoms with E-state index in [9.17, 15) is 9.59 Å². The molecule has 0 aromatic heterocycles. The average Bonchev–Trinajstić information content (AvgIpc) is 3.29. The minimum Gasteiger partial charge on any atom is -0.337 e. The van der Waals surface area contributed by atoms with Gasteiger partial charge in [0.25, 0.3) is 0 Å². The fraction of sp³-hybridized carbons (Fsp3) is 0.308. The molecule has 3 aromatic rings. The van der Waals surface area contributed by atoms with Gasteiger partial charge in [0, 0.05) is 33.1 Å². The first kappa shape index (κ1) is 20.9. The molecule has 0 spiro atoms. The van der Waals surface area contributed by atoms with E-state index in [2.05, 4.69) is 41.7 Å². The van der Waals surface area contributed by atoms with Crippen molar-refractivity contribution in [2.24, 2.45) is 0 Å². The Labute approximate surface area is 183 Å². The fourth-order valence-electron chi connectivity index (χ4n) is 4.41. The first-order chi connectivity index (χ1) is 15.1. The summed E-state index contributed by atoms with van der Waals surface area (Å²) in [5, 5.41) is 5.30. The van der Waals surface area contributed by atoms with Gasteiger partial charge in [0.05, 0.1) is 6.04 Å². The Morgan fingerprint density at radius 3 is 2.58 bits per heavy atom. The predicted octanol–water partition coefficient (Wildman–Crippen LogP) is 4.74. The third kappa shape index (κ3) is 4.88. The third-order valence-corrected chi connectivity index (χ3v) is 5.98. The van der Waals surface area contributed by atoms with Crippen molar-refractivity contribution in [3.63, 3.8) is 0 Å². The van der Waals surface area contributed by atoms with E-state index < -0.39 is 0 Å². The van der Waals surface area contributed by atoms with Crippen molar-refractivity contribution >= 4 is 22.7 Å². The molecule has 5 nitrogen and oxygen atoms in total. The highest BCUT2D eigenvalue weighted by Crippen LogP contribution is 2.36. The van der Waals surface area contributed by atoms with Crippen LogP contribution in [0, 0.1) is 0 Å². The Balaban J connectivity index is 1.33. The SMILES string of the molecule is CN(Cc1ccccc1)C(=O)NCCC(=O)N1CCCC1c1cccc2ccccc12. The second-order valence-corrected chi connectivity index (χ2v) is 8.14. The maximum Gasteiger partial charge on any atom is 0.317 e. The molecule has 4 rings (SSSR count). The van der Waals surface area contributed by atoms with Gasteiger partial charge >= 0.3 is 6.03 Å². The number of benzene rings is 3. The van der Waals surface area contributed by atoms with E-state index in [1.165, 1.54) is 16.3 Å². The highest BCUT2D eigenvalue weighted by Gasteiger charge is 2.30. The largest absolute Gasteiger partial charge is 0.337 e. The van der Waals surface area contributed by atoms with Crippen LogP contribution < -0.4 is 5.32 Å². The number of fused-ring (bicyclic) bond motifs is 1. The highest BCUT2D eigenvalue weighted by atomic mass is 16.2. The van der Waals surface area contributed by atoms with E-state index in [-0.39, 0.29) is 18.0 Å². The number of rotatable bonds is 6. The summed E-state index contributed by atoms with van der Waals surface area (Å²) in [6, 6.07) is 24.5. The molecule has 1 aliphatic rings. The fourth-order valence-corrected chi connectivity index (χ4v) is 4.41. The van der Waals surface area contributed by atoms with Crippen LogP contribution in [0.4, 0.5) is 4.79 Å². The molecule has 3 aromatic carbocycles. The molecule has 1 saturated heterocycles. The van der Waals surface area contributed by atoms with Gasteiger partial charge in [-0.05, 0) is 34.7 Å². The van der Waals surface area contributed by atoms with Crippen LogP contribution in [-0.4, -0.2) is 41.9 Å². The number of hydrogen-bond donors (Lipinski definition) is 1. The molecule has 1 heterocycles. The van der Waals surface area contributed by atoms with Crippen molar-refractivity contribution in [2.75, 3.05) is 20.1 Å². The topological polar surface area (TPSA) is 52.7 Å². The minimum absolute atomic E-state index is 0.0986. The molecule has 3 amide bonds. The lowest BCUT2D eigenvalue weighted by Gasteiger charge is -2.26. The van der Waals surface area contributed by atoms with Crippen LogP contribution >= 0.6 is 0 Å². The molecule has 31 heavy (non-hydrogen) atoms. The summed E-state index contributed by atoms with van der Waals surface area (Å²) in [5.74, 6) is 0.0986. The molecule has 0 radical (unpaired) electrons. The molecule has 1 atom stereocenters. The van der Waals surface area contributed by atoms with Gasteiger partial charge in [0.15, 0.2) is 0 Å². The van der Waals surface area contributed by atoms with Crippen LogP contribution in [-0.2, 0) is 11.3 Å². The number of likely N-dealkylation sites (tertiary alicyclic amines) is 1. The molecule has 0 bridgehead atoms. The Kier molecular flexibility index (Phi) is 6.51.